The molecule has 0 aromatic heterocycles. The Bertz CT molecular complexity index is 415. The fraction of sp³-hybridized carbons (Fsp3) is 0.611. The Morgan fingerprint density at radius 2 is 1.81 bits per heavy atom. The highest BCUT2D eigenvalue weighted by atomic mass is 16.5. The lowest BCUT2D eigenvalue weighted by Gasteiger charge is -2.09. The molecule has 0 spiro atoms. The molecule has 118 valence electrons. The summed E-state index contributed by atoms with van der Waals surface area (Å²) in [5.41, 5.74) is 2.02. The van der Waals surface area contributed by atoms with Gasteiger partial charge in [-0.2, -0.15) is 0 Å². The zero-order valence-electron chi connectivity index (χ0n) is 13.3. The summed E-state index contributed by atoms with van der Waals surface area (Å²) in [5, 5.41) is 9.93. The van der Waals surface area contributed by atoms with E-state index in [0.29, 0.717) is 12.2 Å². The minimum absolute atomic E-state index is 0.0480. The molecule has 0 fully saturated rings. The Morgan fingerprint density at radius 1 is 1.14 bits per heavy atom. The van der Waals surface area contributed by atoms with Crippen LogP contribution in [0.3, 0.4) is 0 Å². The van der Waals surface area contributed by atoms with Crippen molar-refractivity contribution in [1.29, 1.82) is 0 Å². The van der Waals surface area contributed by atoms with E-state index in [0.717, 1.165) is 36.8 Å². The van der Waals surface area contributed by atoms with Crippen molar-refractivity contribution in [2.45, 2.75) is 71.3 Å². The number of benzene rings is 1. The van der Waals surface area contributed by atoms with Gasteiger partial charge in [0.2, 0.25) is 0 Å². The molecule has 0 heterocycles. The zero-order chi connectivity index (χ0) is 15.5. The first-order valence-corrected chi connectivity index (χ1v) is 8.01. The van der Waals surface area contributed by atoms with Gasteiger partial charge in [0.05, 0.1) is 6.10 Å². The van der Waals surface area contributed by atoms with Crippen molar-refractivity contribution in [3.63, 3.8) is 0 Å². The molecule has 1 atom stereocenters. The van der Waals surface area contributed by atoms with Crippen LogP contribution in [0.25, 0.3) is 0 Å². The molecule has 0 saturated heterocycles. The van der Waals surface area contributed by atoms with Crippen molar-refractivity contribution in [2.75, 3.05) is 0 Å². The topological polar surface area (TPSA) is 46.5 Å². The first-order chi connectivity index (χ1) is 10.1. The van der Waals surface area contributed by atoms with Gasteiger partial charge < -0.3 is 9.84 Å². The van der Waals surface area contributed by atoms with Gasteiger partial charge in [0.25, 0.3) is 6.47 Å². The van der Waals surface area contributed by atoms with Gasteiger partial charge in [-0.3, -0.25) is 4.79 Å². The van der Waals surface area contributed by atoms with Gasteiger partial charge in [-0.25, -0.2) is 0 Å². The fourth-order valence-electron chi connectivity index (χ4n) is 2.54. The number of unbranched alkanes of at least 4 members (excludes halogenated alkanes) is 5. The Hall–Kier alpha value is -1.51. The molecule has 0 amide bonds. The molecule has 0 aliphatic heterocycles. The minimum Gasteiger partial charge on any atom is -0.507 e. The summed E-state index contributed by atoms with van der Waals surface area (Å²) in [6.45, 7) is 4.41. The molecular formula is C18H28O3. The second-order valence-electron chi connectivity index (χ2n) is 5.79. The maximum atomic E-state index is 10.1. The minimum atomic E-state index is 0.0480. The highest BCUT2D eigenvalue weighted by molar-refractivity contribution is 5.39. The molecule has 0 aliphatic carbocycles. The van der Waals surface area contributed by atoms with Crippen molar-refractivity contribution in [3.8, 4) is 5.75 Å². The average Bonchev–Trinajstić information content (AvgIpc) is 2.46. The SMILES string of the molecule is Cc1cccc(CCCCCCCCC(C)OC=O)c1O. The van der Waals surface area contributed by atoms with Gasteiger partial charge in [-0.05, 0) is 50.7 Å². The second kappa shape index (κ2) is 10.3. The van der Waals surface area contributed by atoms with Gasteiger partial charge in [-0.15, -0.1) is 0 Å². The van der Waals surface area contributed by atoms with E-state index in [1.807, 2.05) is 32.0 Å². The van der Waals surface area contributed by atoms with Crippen LogP contribution in [0.1, 0.15) is 63.0 Å². The van der Waals surface area contributed by atoms with Crippen molar-refractivity contribution in [1.82, 2.24) is 0 Å². The highest BCUT2D eigenvalue weighted by Crippen LogP contribution is 2.23. The number of phenolic OH excluding ortho intramolecular Hbond substituents is 1. The number of carbonyl (C=O) groups excluding carboxylic acids is 1. The first-order valence-electron chi connectivity index (χ1n) is 8.01. The summed E-state index contributed by atoms with van der Waals surface area (Å²) in [6, 6.07) is 5.96. The molecule has 1 rings (SSSR count). The third-order valence-corrected chi connectivity index (χ3v) is 3.92. The van der Waals surface area contributed by atoms with Crippen LogP contribution in [0.2, 0.25) is 0 Å². The summed E-state index contributed by atoms with van der Waals surface area (Å²) < 4.78 is 4.85. The van der Waals surface area contributed by atoms with E-state index in [-0.39, 0.29) is 6.10 Å². The van der Waals surface area contributed by atoms with Crippen LogP contribution in [0.5, 0.6) is 5.75 Å². The van der Waals surface area contributed by atoms with Crippen LogP contribution in [0, 0.1) is 6.92 Å². The Labute approximate surface area is 128 Å². The first kappa shape index (κ1) is 17.5. The van der Waals surface area contributed by atoms with Crippen molar-refractivity contribution in [3.05, 3.63) is 29.3 Å². The molecule has 1 N–H and O–H groups in total. The van der Waals surface area contributed by atoms with Crippen molar-refractivity contribution in [2.24, 2.45) is 0 Å². The lowest BCUT2D eigenvalue weighted by molar-refractivity contribution is -0.133. The number of phenols is 1. The number of hydrogen-bond donors (Lipinski definition) is 1. The van der Waals surface area contributed by atoms with Crippen LogP contribution in [0.4, 0.5) is 0 Å². The standard InChI is InChI=1S/C18H28O3/c1-15-10-9-13-17(18(15)20)12-8-6-4-3-5-7-11-16(2)21-14-19/h9-10,13-14,16,20H,3-8,11-12H2,1-2H3. The molecule has 3 nitrogen and oxygen atoms in total. The second-order valence-corrected chi connectivity index (χ2v) is 5.79. The molecule has 1 unspecified atom stereocenters. The summed E-state index contributed by atoms with van der Waals surface area (Å²) in [4.78, 5) is 10.1. The van der Waals surface area contributed by atoms with E-state index in [1.54, 1.807) is 0 Å². The Balaban J connectivity index is 2.02. The van der Waals surface area contributed by atoms with Crippen LogP contribution >= 0.6 is 0 Å². The maximum Gasteiger partial charge on any atom is 0.293 e. The van der Waals surface area contributed by atoms with E-state index < -0.39 is 0 Å². The van der Waals surface area contributed by atoms with Crippen LogP contribution in [-0.4, -0.2) is 17.7 Å². The molecule has 21 heavy (non-hydrogen) atoms. The Kier molecular flexibility index (Phi) is 8.56. The lowest BCUT2D eigenvalue weighted by atomic mass is 10.0. The molecule has 1 aromatic carbocycles. The number of aromatic hydroxyl groups is 1. The predicted octanol–water partition coefficient (Wildman–Crippen LogP) is 4.54. The zero-order valence-corrected chi connectivity index (χ0v) is 13.3. The highest BCUT2D eigenvalue weighted by Gasteiger charge is 2.03. The largest absolute Gasteiger partial charge is 0.507 e. The van der Waals surface area contributed by atoms with Crippen LogP contribution < -0.4 is 0 Å². The van der Waals surface area contributed by atoms with Gasteiger partial charge in [0.1, 0.15) is 5.75 Å². The van der Waals surface area contributed by atoms with Gasteiger partial charge in [-0.1, -0.05) is 43.9 Å². The van der Waals surface area contributed by atoms with E-state index in [4.69, 9.17) is 4.74 Å². The average molecular weight is 292 g/mol. The van der Waals surface area contributed by atoms with Gasteiger partial charge >= 0.3 is 0 Å². The molecule has 0 saturated carbocycles. The number of rotatable bonds is 11. The van der Waals surface area contributed by atoms with Crippen molar-refractivity contribution >= 4 is 6.47 Å². The fourth-order valence-corrected chi connectivity index (χ4v) is 2.54. The quantitative estimate of drug-likeness (QED) is 0.481. The third-order valence-electron chi connectivity index (χ3n) is 3.92. The lowest BCUT2D eigenvalue weighted by Crippen LogP contribution is -2.05. The Morgan fingerprint density at radius 3 is 2.52 bits per heavy atom. The van der Waals surface area contributed by atoms with Gasteiger partial charge in [0.15, 0.2) is 0 Å². The molecule has 0 radical (unpaired) electrons. The molecule has 3 heteroatoms. The summed E-state index contributed by atoms with van der Waals surface area (Å²) >= 11 is 0. The molecular weight excluding hydrogens is 264 g/mol. The molecule has 0 aliphatic rings. The number of carbonyl (C=O) groups is 1. The summed E-state index contributed by atoms with van der Waals surface area (Å²) in [7, 11) is 0. The van der Waals surface area contributed by atoms with Crippen LogP contribution in [-0.2, 0) is 16.0 Å². The van der Waals surface area contributed by atoms with Crippen molar-refractivity contribution < 1.29 is 14.6 Å². The third kappa shape index (κ3) is 7.16. The van der Waals surface area contributed by atoms with E-state index >= 15 is 0 Å². The number of hydrogen-bond acceptors (Lipinski definition) is 3. The van der Waals surface area contributed by atoms with E-state index in [9.17, 15) is 9.90 Å². The molecule has 0 bridgehead atoms. The normalized spacial score (nSPS) is 12.1. The number of ether oxygens (including phenoxy) is 1. The monoisotopic (exact) mass is 292 g/mol. The summed E-state index contributed by atoms with van der Waals surface area (Å²) in [6.07, 6.45) is 9.06. The predicted molar refractivity (Wildman–Crippen MR) is 85.5 cm³/mol. The van der Waals surface area contributed by atoms with Crippen LogP contribution in [0.15, 0.2) is 18.2 Å². The van der Waals surface area contributed by atoms with E-state index in [2.05, 4.69) is 0 Å². The van der Waals surface area contributed by atoms with Gasteiger partial charge in [0, 0.05) is 0 Å². The number of aryl methyl sites for hydroxylation is 2. The maximum absolute atomic E-state index is 10.1. The summed E-state index contributed by atoms with van der Waals surface area (Å²) in [5.74, 6) is 0.460. The smallest absolute Gasteiger partial charge is 0.293 e. The number of para-hydroxylation sites is 1. The van der Waals surface area contributed by atoms with E-state index in [1.165, 1.54) is 25.7 Å². The molecule has 1 aromatic rings.